The monoisotopic (exact) mass is 475 g/mol. The third-order valence-electron chi connectivity index (χ3n) is 5.46. The van der Waals surface area contributed by atoms with Crippen LogP contribution in [0.3, 0.4) is 0 Å². The van der Waals surface area contributed by atoms with Gasteiger partial charge in [-0.05, 0) is 42.8 Å². The highest BCUT2D eigenvalue weighted by Crippen LogP contribution is 2.31. The summed E-state index contributed by atoms with van der Waals surface area (Å²) in [6.45, 7) is 1.95. The van der Waals surface area contributed by atoms with Crippen LogP contribution in [-0.4, -0.2) is 34.7 Å². The third-order valence-corrected chi connectivity index (χ3v) is 6.42. The maximum absolute atomic E-state index is 13.8. The van der Waals surface area contributed by atoms with Crippen LogP contribution >= 0.6 is 11.8 Å². The van der Waals surface area contributed by atoms with Gasteiger partial charge in [0.25, 0.3) is 5.56 Å². The highest BCUT2D eigenvalue weighted by atomic mass is 32.2. The number of nitrogens with zero attached hydrogens (tertiary/aromatic N) is 2. The maximum Gasteiger partial charge on any atom is 0.373 e. The minimum Gasteiger partial charge on any atom is -0.495 e. The molecule has 172 valence electrons. The van der Waals surface area contributed by atoms with E-state index in [2.05, 4.69) is 4.98 Å². The van der Waals surface area contributed by atoms with Gasteiger partial charge < -0.3 is 18.9 Å². The summed E-state index contributed by atoms with van der Waals surface area (Å²) in [6.07, 6.45) is 0. The number of carbonyl (C=O) groups excluding carboxylic acids is 1. The van der Waals surface area contributed by atoms with Crippen molar-refractivity contribution in [1.82, 2.24) is 14.5 Å². The number of ether oxygens (including phenoxy) is 2. The molecule has 0 spiro atoms. The van der Waals surface area contributed by atoms with Crippen LogP contribution in [-0.2, 0) is 10.5 Å². The van der Waals surface area contributed by atoms with Crippen LogP contribution in [0.1, 0.15) is 21.9 Å². The first-order valence-electron chi connectivity index (χ1n) is 10.5. The molecule has 3 aromatic heterocycles. The van der Waals surface area contributed by atoms with Crippen LogP contribution in [0.5, 0.6) is 5.75 Å². The normalized spacial score (nSPS) is 11.3. The molecule has 5 aromatic rings. The summed E-state index contributed by atoms with van der Waals surface area (Å²) in [6, 6.07) is 16.6. The number of para-hydroxylation sites is 1. The summed E-state index contributed by atoms with van der Waals surface area (Å²) in [4.78, 5) is 33.6. The SMILES string of the molecule is COC(=O)c1ccc(CSc2nc3c([nH]c4ccccc43)c(=O)n2-c2cc(C)ccc2OC)o1. The van der Waals surface area contributed by atoms with Gasteiger partial charge in [0.2, 0.25) is 5.76 Å². The van der Waals surface area contributed by atoms with E-state index >= 15 is 0 Å². The second-order valence-corrected chi connectivity index (χ2v) is 8.59. The molecule has 0 saturated heterocycles. The Balaban J connectivity index is 1.68. The number of aryl methyl sites for hydroxylation is 1. The van der Waals surface area contributed by atoms with Crippen molar-refractivity contribution in [2.45, 2.75) is 17.8 Å². The van der Waals surface area contributed by atoms with Crippen molar-refractivity contribution in [3.63, 3.8) is 0 Å². The third kappa shape index (κ3) is 3.73. The van der Waals surface area contributed by atoms with E-state index in [1.54, 1.807) is 23.8 Å². The van der Waals surface area contributed by atoms with Gasteiger partial charge in [-0.15, -0.1) is 0 Å². The topological polar surface area (TPSA) is 99.3 Å². The number of esters is 1. The lowest BCUT2D eigenvalue weighted by Gasteiger charge is -2.15. The zero-order valence-corrected chi connectivity index (χ0v) is 19.6. The molecule has 0 fully saturated rings. The van der Waals surface area contributed by atoms with Crippen LogP contribution in [0.15, 0.2) is 69.0 Å². The molecule has 0 radical (unpaired) electrons. The number of furan rings is 1. The Morgan fingerprint density at radius 3 is 2.76 bits per heavy atom. The van der Waals surface area contributed by atoms with Gasteiger partial charge in [-0.3, -0.25) is 4.79 Å². The average Bonchev–Trinajstić information content (AvgIpc) is 3.47. The van der Waals surface area contributed by atoms with E-state index in [-0.39, 0.29) is 11.3 Å². The number of aromatic amines is 1. The number of hydrogen-bond donors (Lipinski definition) is 1. The second-order valence-electron chi connectivity index (χ2n) is 7.65. The lowest BCUT2D eigenvalue weighted by Crippen LogP contribution is -2.22. The molecule has 3 heterocycles. The summed E-state index contributed by atoms with van der Waals surface area (Å²) in [5.41, 5.74) is 3.19. The van der Waals surface area contributed by atoms with Crippen molar-refractivity contribution < 1.29 is 18.7 Å². The summed E-state index contributed by atoms with van der Waals surface area (Å²) >= 11 is 1.33. The molecule has 0 aliphatic heterocycles. The van der Waals surface area contributed by atoms with Gasteiger partial charge in [-0.2, -0.15) is 0 Å². The van der Waals surface area contributed by atoms with Crippen molar-refractivity contribution in [2.24, 2.45) is 0 Å². The Bertz CT molecular complexity index is 1600. The van der Waals surface area contributed by atoms with Crippen LogP contribution in [0.4, 0.5) is 0 Å². The Kier molecular flexibility index (Phi) is 5.62. The molecule has 0 bridgehead atoms. The minimum atomic E-state index is -0.545. The zero-order valence-electron chi connectivity index (χ0n) is 18.7. The zero-order chi connectivity index (χ0) is 23.8. The maximum atomic E-state index is 13.8. The van der Waals surface area contributed by atoms with Crippen molar-refractivity contribution >= 4 is 39.7 Å². The molecule has 0 aliphatic carbocycles. The van der Waals surface area contributed by atoms with Crippen molar-refractivity contribution in [1.29, 1.82) is 0 Å². The van der Waals surface area contributed by atoms with Gasteiger partial charge in [-0.1, -0.05) is 36.0 Å². The van der Waals surface area contributed by atoms with Gasteiger partial charge in [0.05, 0.1) is 25.7 Å². The summed E-state index contributed by atoms with van der Waals surface area (Å²) in [5.74, 6) is 1.04. The fraction of sp³-hybridized carbons (Fsp3) is 0.160. The van der Waals surface area contributed by atoms with Gasteiger partial charge in [0.15, 0.2) is 5.16 Å². The lowest BCUT2D eigenvalue weighted by atomic mass is 10.2. The molecule has 34 heavy (non-hydrogen) atoms. The molecule has 9 heteroatoms. The largest absolute Gasteiger partial charge is 0.495 e. The Hall–Kier alpha value is -3.98. The number of benzene rings is 2. The number of H-pyrrole nitrogens is 1. The van der Waals surface area contributed by atoms with E-state index in [1.807, 2.05) is 49.4 Å². The number of methoxy groups -OCH3 is 2. The Morgan fingerprint density at radius 1 is 1.15 bits per heavy atom. The molecule has 0 atom stereocenters. The molecule has 0 aliphatic rings. The van der Waals surface area contributed by atoms with E-state index in [4.69, 9.17) is 18.9 Å². The number of thioether (sulfide) groups is 1. The van der Waals surface area contributed by atoms with Gasteiger partial charge in [-0.25, -0.2) is 14.3 Å². The smallest absolute Gasteiger partial charge is 0.373 e. The molecule has 8 nitrogen and oxygen atoms in total. The van der Waals surface area contributed by atoms with Crippen LogP contribution < -0.4 is 10.3 Å². The fourth-order valence-corrected chi connectivity index (χ4v) is 4.72. The highest BCUT2D eigenvalue weighted by molar-refractivity contribution is 7.98. The van der Waals surface area contributed by atoms with Crippen molar-refractivity contribution in [2.75, 3.05) is 14.2 Å². The minimum absolute atomic E-state index is 0.121. The molecule has 0 amide bonds. The second kappa shape index (κ2) is 8.75. The Morgan fingerprint density at radius 2 is 1.97 bits per heavy atom. The number of carbonyl (C=O) groups is 1. The first-order chi connectivity index (χ1) is 16.5. The average molecular weight is 476 g/mol. The quantitative estimate of drug-likeness (QED) is 0.213. The number of aromatic nitrogens is 3. The number of fused-ring (bicyclic) bond motifs is 3. The summed E-state index contributed by atoms with van der Waals surface area (Å²) in [5, 5.41) is 1.34. The first-order valence-corrected chi connectivity index (χ1v) is 11.5. The van der Waals surface area contributed by atoms with E-state index in [9.17, 15) is 9.59 Å². The van der Waals surface area contributed by atoms with E-state index in [1.165, 1.54) is 18.9 Å². The molecular formula is C25H21N3O5S. The first kappa shape index (κ1) is 21.8. The van der Waals surface area contributed by atoms with Crippen LogP contribution in [0.25, 0.3) is 27.6 Å². The molecule has 0 saturated carbocycles. The van der Waals surface area contributed by atoms with E-state index < -0.39 is 5.97 Å². The van der Waals surface area contributed by atoms with Gasteiger partial charge in [0.1, 0.15) is 22.5 Å². The number of rotatable bonds is 6. The molecule has 2 aromatic carbocycles. The summed E-state index contributed by atoms with van der Waals surface area (Å²) < 4.78 is 17.4. The fourth-order valence-electron chi connectivity index (χ4n) is 3.83. The predicted molar refractivity (Wildman–Crippen MR) is 130 cm³/mol. The number of nitrogens with one attached hydrogen (secondary N) is 1. The molecular weight excluding hydrogens is 454 g/mol. The van der Waals surface area contributed by atoms with E-state index in [0.717, 1.165) is 16.5 Å². The predicted octanol–water partition coefficient (Wildman–Crippen LogP) is 4.86. The van der Waals surface area contributed by atoms with Crippen molar-refractivity contribution in [3.8, 4) is 11.4 Å². The lowest BCUT2D eigenvalue weighted by molar-refractivity contribution is 0.0563. The Labute approximate surface area is 198 Å². The van der Waals surface area contributed by atoms with Crippen molar-refractivity contribution in [3.05, 3.63) is 82.0 Å². The number of hydrogen-bond acceptors (Lipinski definition) is 7. The van der Waals surface area contributed by atoms with Crippen LogP contribution in [0, 0.1) is 6.92 Å². The van der Waals surface area contributed by atoms with Gasteiger partial charge in [0, 0.05) is 10.9 Å². The van der Waals surface area contributed by atoms with Crippen LogP contribution in [0.2, 0.25) is 0 Å². The summed E-state index contributed by atoms with van der Waals surface area (Å²) in [7, 11) is 2.87. The van der Waals surface area contributed by atoms with E-state index in [0.29, 0.717) is 39.1 Å². The molecule has 1 N–H and O–H groups in total. The van der Waals surface area contributed by atoms with Gasteiger partial charge >= 0.3 is 5.97 Å². The highest BCUT2D eigenvalue weighted by Gasteiger charge is 2.20. The standard InChI is InChI=1S/C25H21N3O5S/c1-14-8-10-19(31-2)18(12-14)28-23(29)22-21(16-6-4-5-7-17(16)26-22)27-25(28)34-13-15-9-11-20(33-15)24(30)32-3/h4-12,26H,13H2,1-3H3. The molecule has 0 unspecified atom stereocenters. The molecule has 5 rings (SSSR count).